The van der Waals surface area contributed by atoms with Gasteiger partial charge in [-0.15, -0.1) is 0 Å². The molecule has 0 aromatic heterocycles. The third-order valence-corrected chi connectivity index (χ3v) is 10.8. The lowest BCUT2D eigenvalue weighted by Crippen LogP contribution is -2.54. The van der Waals surface area contributed by atoms with Gasteiger partial charge in [0.15, 0.2) is 11.5 Å². The van der Waals surface area contributed by atoms with Gasteiger partial charge in [-0.2, -0.15) is 0 Å². The van der Waals surface area contributed by atoms with Crippen molar-refractivity contribution in [2.75, 3.05) is 25.1 Å². The number of anilines is 1. The van der Waals surface area contributed by atoms with Crippen LogP contribution in [0.1, 0.15) is 42.4 Å². The Morgan fingerprint density at radius 2 is 1.53 bits per heavy atom. The van der Waals surface area contributed by atoms with Crippen LogP contribution < -0.4 is 19.1 Å². The van der Waals surface area contributed by atoms with E-state index in [9.17, 15) is 18.0 Å². The molecule has 5 rings (SSSR count). The first-order valence-corrected chi connectivity index (χ1v) is 18.1. The molecule has 1 N–H and O–H groups in total. The minimum atomic E-state index is -4.35. The van der Waals surface area contributed by atoms with Crippen molar-refractivity contribution in [2.24, 2.45) is 0 Å². The van der Waals surface area contributed by atoms with E-state index >= 15 is 0 Å². The van der Waals surface area contributed by atoms with Crippen molar-refractivity contribution in [1.29, 1.82) is 0 Å². The van der Waals surface area contributed by atoms with Crippen LogP contribution in [0.3, 0.4) is 0 Å². The molecule has 2 amide bonds. The molecule has 1 atom stereocenters. The molecule has 258 valence electrons. The summed E-state index contributed by atoms with van der Waals surface area (Å²) in [6.07, 6.45) is 4.07. The van der Waals surface area contributed by atoms with E-state index in [1.807, 2.05) is 61.5 Å². The Balaban J connectivity index is 1.58. The summed E-state index contributed by atoms with van der Waals surface area (Å²) in [6, 6.07) is 26.9. The molecular weight excluding hydrogens is 662 g/mol. The van der Waals surface area contributed by atoms with E-state index in [-0.39, 0.29) is 41.2 Å². The maximum absolute atomic E-state index is 14.7. The number of sulfonamides is 1. The van der Waals surface area contributed by atoms with Crippen LogP contribution in [0.5, 0.6) is 11.5 Å². The lowest BCUT2D eigenvalue weighted by atomic mass is 10.0. The molecule has 0 heterocycles. The lowest BCUT2D eigenvalue weighted by Gasteiger charge is -2.34. The molecule has 0 radical (unpaired) electrons. The van der Waals surface area contributed by atoms with Crippen LogP contribution in [-0.4, -0.2) is 58.0 Å². The number of rotatable bonds is 14. The third kappa shape index (κ3) is 8.93. The van der Waals surface area contributed by atoms with Gasteiger partial charge in [0.1, 0.15) is 12.6 Å². The molecule has 11 heteroatoms. The molecule has 9 nitrogen and oxygen atoms in total. The van der Waals surface area contributed by atoms with Gasteiger partial charge in [0.25, 0.3) is 10.0 Å². The zero-order valence-corrected chi connectivity index (χ0v) is 29.5. The number of carbonyl (C=O) groups is 2. The molecule has 0 bridgehead atoms. The number of halogens is 1. The molecule has 0 unspecified atom stereocenters. The summed E-state index contributed by atoms with van der Waals surface area (Å²) in [6.45, 7) is 1.48. The van der Waals surface area contributed by atoms with E-state index in [4.69, 9.17) is 21.1 Å². The summed E-state index contributed by atoms with van der Waals surface area (Å²) >= 11 is 6.18. The zero-order chi connectivity index (χ0) is 35.0. The SMILES string of the molecule is COc1ccc(S(=O)(=O)N(CC(=O)N(Cc2cccc(C)c2)[C@H](Cc2ccccc2)C(=O)NC2CCCC2)c2ccc(Cl)cc2)cc1OC. The second kappa shape index (κ2) is 16.2. The van der Waals surface area contributed by atoms with E-state index in [1.165, 1.54) is 37.3 Å². The smallest absolute Gasteiger partial charge is 0.264 e. The fourth-order valence-corrected chi connectivity index (χ4v) is 7.73. The normalized spacial score (nSPS) is 13.8. The Labute approximate surface area is 293 Å². The maximum atomic E-state index is 14.7. The fraction of sp³-hybridized carbons (Fsp3) is 0.316. The van der Waals surface area contributed by atoms with E-state index in [1.54, 1.807) is 24.3 Å². The van der Waals surface area contributed by atoms with E-state index < -0.39 is 28.5 Å². The molecule has 1 aliphatic rings. The van der Waals surface area contributed by atoms with E-state index in [2.05, 4.69) is 5.32 Å². The Hall–Kier alpha value is -4.54. The van der Waals surface area contributed by atoms with Crippen molar-refractivity contribution in [3.63, 3.8) is 0 Å². The summed E-state index contributed by atoms with van der Waals surface area (Å²) in [5.74, 6) is -0.226. The van der Waals surface area contributed by atoms with Crippen LogP contribution >= 0.6 is 11.6 Å². The highest BCUT2D eigenvalue weighted by molar-refractivity contribution is 7.92. The largest absolute Gasteiger partial charge is 0.493 e. The van der Waals surface area contributed by atoms with Crippen molar-refractivity contribution < 1.29 is 27.5 Å². The van der Waals surface area contributed by atoms with Gasteiger partial charge in [-0.1, -0.05) is 84.6 Å². The predicted octanol–water partition coefficient (Wildman–Crippen LogP) is 6.56. The molecule has 0 spiro atoms. The van der Waals surface area contributed by atoms with Crippen LogP contribution in [0.4, 0.5) is 5.69 Å². The van der Waals surface area contributed by atoms with Gasteiger partial charge in [-0.3, -0.25) is 13.9 Å². The highest BCUT2D eigenvalue weighted by Gasteiger charge is 2.36. The second-order valence-corrected chi connectivity index (χ2v) is 14.5. The van der Waals surface area contributed by atoms with E-state index in [0.29, 0.717) is 10.8 Å². The van der Waals surface area contributed by atoms with E-state index in [0.717, 1.165) is 46.7 Å². The highest BCUT2D eigenvalue weighted by atomic mass is 35.5. The monoisotopic (exact) mass is 703 g/mol. The third-order valence-electron chi connectivity index (χ3n) is 8.74. The minimum Gasteiger partial charge on any atom is -0.493 e. The Bertz CT molecular complexity index is 1850. The molecule has 0 aliphatic heterocycles. The minimum absolute atomic E-state index is 0.0256. The first-order chi connectivity index (χ1) is 23.6. The molecular formula is C38H42ClN3O6S. The first-order valence-electron chi connectivity index (χ1n) is 16.3. The van der Waals surface area contributed by atoms with Crippen LogP contribution in [-0.2, 0) is 32.6 Å². The summed E-state index contributed by atoms with van der Waals surface area (Å²) < 4.78 is 40.6. The highest BCUT2D eigenvalue weighted by Crippen LogP contribution is 2.33. The average Bonchev–Trinajstić information content (AvgIpc) is 3.62. The molecule has 4 aromatic carbocycles. The van der Waals surface area contributed by atoms with Crippen LogP contribution in [0.2, 0.25) is 5.02 Å². The average molecular weight is 704 g/mol. The Morgan fingerprint density at radius 3 is 2.18 bits per heavy atom. The van der Waals surface area contributed by atoms with Crippen molar-refractivity contribution in [3.8, 4) is 11.5 Å². The summed E-state index contributed by atoms with van der Waals surface area (Å²) in [7, 11) is -1.47. The van der Waals surface area contributed by atoms with Crippen molar-refractivity contribution in [1.82, 2.24) is 10.2 Å². The molecule has 1 fully saturated rings. The first kappa shape index (κ1) is 35.8. The van der Waals surface area contributed by atoms with Crippen molar-refractivity contribution in [3.05, 3.63) is 119 Å². The number of amides is 2. The summed E-state index contributed by atoms with van der Waals surface area (Å²) in [5.41, 5.74) is 2.93. The standard InChI is InChI=1S/C38H42ClN3O6S/c1-27-10-9-13-29(22-27)25-41(34(23-28-11-5-4-6-12-28)38(44)40-31-14-7-8-15-31)37(43)26-42(32-18-16-30(39)17-19-32)49(45,46)33-20-21-35(47-2)36(24-33)48-3/h4-6,9-13,16-22,24,31,34H,7-8,14-15,23,25-26H2,1-3H3,(H,40,44)/t34-/m1/s1. The number of aryl methyl sites for hydroxylation is 1. The number of ether oxygens (including phenoxy) is 2. The zero-order valence-electron chi connectivity index (χ0n) is 28.0. The summed E-state index contributed by atoms with van der Waals surface area (Å²) in [4.78, 5) is 30.3. The fourth-order valence-electron chi connectivity index (χ4n) is 6.17. The van der Waals surface area contributed by atoms with Gasteiger partial charge in [0.2, 0.25) is 11.8 Å². The maximum Gasteiger partial charge on any atom is 0.264 e. The van der Waals surface area contributed by atoms with Crippen molar-refractivity contribution >= 4 is 39.1 Å². The number of methoxy groups -OCH3 is 2. The summed E-state index contributed by atoms with van der Waals surface area (Å²) in [5, 5.41) is 3.61. The van der Waals surface area contributed by atoms with Gasteiger partial charge in [0.05, 0.1) is 24.8 Å². The molecule has 4 aromatic rings. The number of nitrogens with zero attached hydrogens (tertiary/aromatic N) is 2. The Kier molecular flexibility index (Phi) is 11.9. The molecule has 1 aliphatic carbocycles. The lowest BCUT2D eigenvalue weighted by molar-refractivity contribution is -0.140. The van der Waals surface area contributed by atoms with Gasteiger partial charge >= 0.3 is 0 Å². The number of hydrogen-bond acceptors (Lipinski definition) is 6. The number of nitrogens with one attached hydrogen (secondary N) is 1. The van der Waals surface area contributed by atoms with Gasteiger partial charge in [-0.25, -0.2) is 8.42 Å². The number of benzene rings is 4. The molecule has 49 heavy (non-hydrogen) atoms. The van der Waals surface area contributed by atoms with Crippen molar-refractivity contribution in [2.45, 2.75) is 62.6 Å². The number of carbonyl (C=O) groups excluding carboxylic acids is 2. The quantitative estimate of drug-likeness (QED) is 0.160. The van der Waals surface area contributed by atoms with Gasteiger partial charge < -0.3 is 19.7 Å². The van der Waals surface area contributed by atoms with Crippen LogP contribution in [0.15, 0.2) is 102 Å². The topological polar surface area (TPSA) is 105 Å². The molecule has 1 saturated carbocycles. The van der Waals surface area contributed by atoms with Crippen LogP contribution in [0.25, 0.3) is 0 Å². The predicted molar refractivity (Wildman–Crippen MR) is 192 cm³/mol. The molecule has 0 saturated heterocycles. The van der Waals surface area contributed by atoms with Gasteiger partial charge in [-0.05, 0) is 67.3 Å². The Morgan fingerprint density at radius 1 is 0.857 bits per heavy atom. The van der Waals surface area contributed by atoms with Crippen LogP contribution in [0, 0.1) is 6.92 Å². The number of hydrogen-bond donors (Lipinski definition) is 1. The van der Waals surface area contributed by atoms with Gasteiger partial charge in [0, 0.05) is 30.1 Å². The second-order valence-electron chi connectivity index (χ2n) is 12.2.